The third-order valence-electron chi connectivity index (χ3n) is 1.00. The Labute approximate surface area is 66.5 Å². The van der Waals surface area contributed by atoms with E-state index in [0.29, 0.717) is 0 Å². The second kappa shape index (κ2) is 3.35. The minimum absolute atomic E-state index is 0.0256. The second-order valence-corrected chi connectivity index (χ2v) is 3.29. The van der Waals surface area contributed by atoms with E-state index < -0.39 is 10.8 Å². The van der Waals surface area contributed by atoms with Gasteiger partial charge in [-0.05, 0) is 39.3 Å². The minimum atomic E-state index is -0.851. The van der Waals surface area contributed by atoms with Crippen molar-refractivity contribution in [2.75, 3.05) is 0 Å². The maximum Gasteiger partial charge on any atom is 0.253 e. The topological polar surface area (TPSA) is 26.3 Å². The first-order valence-corrected chi connectivity index (χ1v) is 3.62. The molecule has 0 rings (SSSR count). The van der Waals surface area contributed by atoms with Crippen molar-refractivity contribution in [1.82, 2.24) is 0 Å². The smallest absolute Gasteiger partial charge is 0.253 e. The third kappa shape index (κ3) is 3.18. The van der Waals surface area contributed by atoms with Crippen molar-refractivity contribution >= 4 is 16.8 Å². The molecule has 60 valence electrons. The summed E-state index contributed by atoms with van der Waals surface area (Å²) in [5, 5.41) is -0.457. The maximum absolute atomic E-state index is 10.6. The highest BCUT2D eigenvalue weighted by atomic mass is 35.5. The number of ether oxygens (including phenoxy) is 1. The molecule has 0 aromatic heterocycles. The van der Waals surface area contributed by atoms with Crippen molar-refractivity contribution in [3.05, 3.63) is 0 Å². The fraction of sp³-hybridized carbons (Fsp3) is 0.857. The van der Waals surface area contributed by atoms with Crippen molar-refractivity contribution in [1.29, 1.82) is 0 Å². The lowest BCUT2D eigenvalue weighted by Gasteiger charge is -2.22. The summed E-state index contributed by atoms with van der Waals surface area (Å²) >= 11 is 5.25. The van der Waals surface area contributed by atoms with E-state index >= 15 is 0 Å². The highest BCUT2D eigenvalue weighted by Gasteiger charge is 2.27. The Hall–Kier alpha value is -0.0800. The van der Waals surface area contributed by atoms with E-state index in [1.54, 1.807) is 13.8 Å². The Bertz CT molecular complexity index is 130. The predicted octanol–water partition coefficient (Wildman–Crippen LogP) is 1.96. The van der Waals surface area contributed by atoms with Gasteiger partial charge in [-0.25, -0.2) is 0 Å². The molecule has 0 saturated heterocycles. The monoisotopic (exact) mass is 164 g/mol. The summed E-state index contributed by atoms with van der Waals surface area (Å²) in [4.78, 5) is 10.6. The molecule has 0 aromatic rings. The van der Waals surface area contributed by atoms with Crippen molar-refractivity contribution < 1.29 is 9.53 Å². The lowest BCUT2D eigenvalue weighted by molar-refractivity contribution is -0.136. The second-order valence-electron chi connectivity index (χ2n) is 2.95. The van der Waals surface area contributed by atoms with Crippen LogP contribution in [0.3, 0.4) is 0 Å². The molecule has 3 heteroatoms. The highest BCUT2D eigenvalue weighted by molar-refractivity contribution is 6.65. The number of hydrogen-bond donors (Lipinski definition) is 0. The maximum atomic E-state index is 10.6. The van der Waals surface area contributed by atoms with Crippen LogP contribution < -0.4 is 0 Å². The number of halogens is 1. The van der Waals surface area contributed by atoms with E-state index in [2.05, 4.69) is 0 Å². The van der Waals surface area contributed by atoms with Gasteiger partial charge in [-0.3, -0.25) is 4.79 Å². The van der Waals surface area contributed by atoms with Gasteiger partial charge in [0, 0.05) is 0 Å². The first kappa shape index (κ1) is 9.92. The molecule has 0 unspecified atom stereocenters. The van der Waals surface area contributed by atoms with Crippen LogP contribution in [0.2, 0.25) is 0 Å². The minimum Gasteiger partial charge on any atom is -0.364 e. The van der Waals surface area contributed by atoms with Crippen LogP contribution in [0.5, 0.6) is 0 Å². The molecule has 2 nitrogen and oxygen atoms in total. The lowest BCUT2D eigenvalue weighted by atomic mass is 10.1. The van der Waals surface area contributed by atoms with Gasteiger partial charge in [0.2, 0.25) is 0 Å². The van der Waals surface area contributed by atoms with Crippen molar-refractivity contribution in [2.45, 2.75) is 39.4 Å². The third-order valence-corrected chi connectivity index (χ3v) is 1.46. The van der Waals surface area contributed by atoms with E-state index in [1.165, 1.54) is 0 Å². The number of rotatable bonds is 3. The van der Waals surface area contributed by atoms with Crippen molar-refractivity contribution in [3.63, 3.8) is 0 Å². The van der Waals surface area contributed by atoms with Crippen LogP contribution in [-0.2, 0) is 9.53 Å². The first-order valence-electron chi connectivity index (χ1n) is 3.24. The van der Waals surface area contributed by atoms with E-state index in [1.807, 2.05) is 13.8 Å². The standard InChI is InChI=1S/C7H13ClO2/c1-5(2)10-7(3,4)6(8)9/h5H,1-4H3. The number of carbonyl (C=O) groups is 1. The SMILES string of the molecule is CC(C)OC(C)(C)C(=O)Cl. The molecule has 0 heterocycles. The molecule has 0 aromatic carbocycles. The predicted molar refractivity (Wildman–Crippen MR) is 41.2 cm³/mol. The van der Waals surface area contributed by atoms with Gasteiger partial charge in [0.25, 0.3) is 5.24 Å². The zero-order chi connectivity index (χ0) is 8.36. The summed E-state index contributed by atoms with van der Waals surface area (Å²) in [6.45, 7) is 7.04. The van der Waals surface area contributed by atoms with Gasteiger partial charge < -0.3 is 4.74 Å². The zero-order valence-electron chi connectivity index (χ0n) is 6.77. The molecule has 10 heavy (non-hydrogen) atoms. The fourth-order valence-electron chi connectivity index (χ4n) is 0.636. The molecule has 0 bridgehead atoms. The van der Waals surface area contributed by atoms with Crippen LogP contribution in [0.1, 0.15) is 27.7 Å². The molecular weight excluding hydrogens is 152 g/mol. The highest BCUT2D eigenvalue weighted by Crippen LogP contribution is 2.15. The van der Waals surface area contributed by atoms with E-state index in [0.717, 1.165) is 0 Å². The Balaban J connectivity index is 4.00. The van der Waals surface area contributed by atoms with Crippen LogP contribution in [0.4, 0.5) is 0 Å². The van der Waals surface area contributed by atoms with E-state index in [9.17, 15) is 4.79 Å². The molecule has 0 N–H and O–H groups in total. The normalized spacial score (nSPS) is 12.2. The molecule has 0 aliphatic carbocycles. The van der Waals surface area contributed by atoms with Gasteiger partial charge in [0.1, 0.15) is 5.60 Å². The van der Waals surface area contributed by atoms with Gasteiger partial charge in [-0.15, -0.1) is 0 Å². The van der Waals surface area contributed by atoms with Gasteiger partial charge in [-0.2, -0.15) is 0 Å². The van der Waals surface area contributed by atoms with Gasteiger partial charge in [0.05, 0.1) is 6.10 Å². The molecule has 0 spiro atoms. The number of hydrogen-bond acceptors (Lipinski definition) is 2. The van der Waals surface area contributed by atoms with Crippen LogP contribution in [0.25, 0.3) is 0 Å². The summed E-state index contributed by atoms with van der Waals surface area (Å²) in [6.07, 6.45) is 0.0256. The molecule has 0 atom stereocenters. The van der Waals surface area contributed by atoms with Gasteiger partial charge in [-0.1, -0.05) is 0 Å². The van der Waals surface area contributed by atoms with Crippen molar-refractivity contribution in [2.24, 2.45) is 0 Å². The lowest BCUT2D eigenvalue weighted by Crippen LogP contribution is -2.34. The van der Waals surface area contributed by atoms with Crippen LogP contribution in [-0.4, -0.2) is 16.9 Å². The molecule has 0 aliphatic heterocycles. The Morgan fingerprint density at radius 1 is 1.50 bits per heavy atom. The molecule has 0 radical (unpaired) electrons. The quantitative estimate of drug-likeness (QED) is 0.596. The molecule has 0 amide bonds. The molecular formula is C7H13ClO2. The van der Waals surface area contributed by atoms with E-state index in [4.69, 9.17) is 16.3 Å². The number of carbonyl (C=O) groups excluding carboxylic acids is 1. The van der Waals surface area contributed by atoms with Gasteiger partial charge in [0.15, 0.2) is 0 Å². The van der Waals surface area contributed by atoms with E-state index in [-0.39, 0.29) is 6.10 Å². The fourth-order valence-corrected chi connectivity index (χ4v) is 0.680. The summed E-state index contributed by atoms with van der Waals surface area (Å²) in [7, 11) is 0. The molecule has 0 fully saturated rings. The Morgan fingerprint density at radius 2 is 1.90 bits per heavy atom. The largest absolute Gasteiger partial charge is 0.364 e. The van der Waals surface area contributed by atoms with Crippen LogP contribution in [0.15, 0.2) is 0 Å². The Kier molecular flexibility index (Phi) is 3.33. The summed E-state index contributed by atoms with van der Waals surface area (Å²) in [6, 6.07) is 0. The van der Waals surface area contributed by atoms with Gasteiger partial charge >= 0.3 is 0 Å². The zero-order valence-corrected chi connectivity index (χ0v) is 7.53. The average molecular weight is 165 g/mol. The summed E-state index contributed by atoms with van der Waals surface area (Å²) in [5.41, 5.74) is -0.851. The van der Waals surface area contributed by atoms with Crippen LogP contribution >= 0.6 is 11.6 Å². The first-order chi connectivity index (χ1) is 4.36. The summed E-state index contributed by atoms with van der Waals surface area (Å²) < 4.78 is 5.22. The average Bonchev–Trinajstić information content (AvgIpc) is 1.60. The van der Waals surface area contributed by atoms with Crippen LogP contribution in [0, 0.1) is 0 Å². The summed E-state index contributed by atoms with van der Waals surface area (Å²) in [5.74, 6) is 0. The molecule has 0 aliphatic rings. The molecule has 0 saturated carbocycles. The Morgan fingerprint density at radius 3 is 2.00 bits per heavy atom. The van der Waals surface area contributed by atoms with Crippen molar-refractivity contribution in [3.8, 4) is 0 Å².